The molecule has 7 rings (SSSR count). The number of carbonyl (C=O) groups is 1. The molecule has 3 saturated heterocycles. The van der Waals surface area contributed by atoms with E-state index >= 15 is 0 Å². The number of fused-ring (bicyclic) bond motifs is 4. The average Bonchev–Trinajstić information content (AvgIpc) is 3.19. The lowest BCUT2D eigenvalue weighted by Crippen LogP contribution is -2.60. The second-order valence-corrected chi connectivity index (χ2v) is 11.2. The number of nitrogens with zero attached hydrogens (tertiary/aromatic N) is 2. The molecule has 1 saturated carbocycles. The summed E-state index contributed by atoms with van der Waals surface area (Å²) in [5.41, 5.74) is 2.94. The van der Waals surface area contributed by atoms with E-state index in [9.17, 15) is 25.2 Å². The fraction of sp³-hybridized carbons (Fsp3) is 0.679. The van der Waals surface area contributed by atoms with Crippen molar-refractivity contribution >= 4 is 17.0 Å². The second kappa shape index (κ2) is 10.1. The van der Waals surface area contributed by atoms with Crippen LogP contribution in [0.5, 0.6) is 5.75 Å². The van der Waals surface area contributed by atoms with Crippen LogP contribution in [0.1, 0.15) is 50.3 Å². The van der Waals surface area contributed by atoms with E-state index in [1.165, 1.54) is 6.42 Å². The third-order valence-electron chi connectivity index (χ3n) is 9.19. The van der Waals surface area contributed by atoms with Gasteiger partial charge in [-0.25, -0.2) is 9.36 Å². The van der Waals surface area contributed by atoms with Gasteiger partial charge in [0.25, 0.3) is 0 Å². The minimum absolute atomic E-state index is 0.247. The number of ether oxygens (including phenoxy) is 3. The molecule has 4 N–H and O–H groups in total. The van der Waals surface area contributed by atoms with Crippen molar-refractivity contribution < 1.29 is 39.4 Å². The summed E-state index contributed by atoms with van der Waals surface area (Å²) in [6.45, 7) is 5.88. The zero-order valence-corrected chi connectivity index (χ0v) is 21.9. The van der Waals surface area contributed by atoms with Crippen LogP contribution in [0.3, 0.4) is 0 Å². The van der Waals surface area contributed by atoms with Crippen molar-refractivity contribution in [2.45, 2.75) is 82.2 Å². The van der Waals surface area contributed by atoms with E-state index in [1.807, 2.05) is 19.1 Å². The molecule has 10 heteroatoms. The number of hydrogen-bond acceptors (Lipinski definition) is 9. The van der Waals surface area contributed by atoms with Gasteiger partial charge in [-0.05, 0) is 61.8 Å². The Bertz CT molecular complexity index is 1200. The van der Waals surface area contributed by atoms with Gasteiger partial charge in [0, 0.05) is 36.1 Å². The van der Waals surface area contributed by atoms with Gasteiger partial charge in [0.2, 0.25) is 6.29 Å². The summed E-state index contributed by atoms with van der Waals surface area (Å²) >= 11 is 0. The molecule has 1 aliphatic carbocycles. The van der Waals surface area contributed by atoms with Crippen molar-refractivity contribution in [2.75, 3.05) is 26.3 Å². The summed E-state index contributed by atoms with van der Waals surface area (Å²) in [5.74, 6) is 1.87. The fourth-order valence-electron chi connectivity index (χ4n) is 7.59. The fourth-order valence-corrected chi connectivity index (χ4v) is 7.59. The Hall–Kier alpha value is -2.21. The molecule has 3 unspecified atom stereocenters. The molecule has 4 aliphatic heterocycles. The monoisotopic (exact) mass is 530 g/mol. The standard InChI is InChI=1S/C28H38N2O8/c1-3-15-9-14-10-19-22(15)29(12-14)8-7-17-18-11-16(5-6-20(18)30(23(17)19)28(35)36-4-2)37-27-26(34)25(33)24(32)21(13-31)38-27/h5-6,11,14-15,19,21-22,24-27,31-34H,3-4,7-10,12-13H2,1-2H3/t14-,15-,19+,21+,22?,24+,25-,26+,27?/m0/s1. The lowest BCUT2D eigenvalue weighted by atomic mass is 9.65. The van der Waals surface area contributed by atoms with Gasteiger partial charge in [0.1, 0.15) is 30.2 Å². The molecule has 0 spiro atoms. The highest BCUT2D eigenvalue weighted by atomic mass is 16.7. The summed E-state index contributed by atoms with van der Waals surface area (Å²) in [6, 6.07) is 5.79. The highest BCUT2D eigenvalue weighted by molar-refractivity contribution is 5.95. The SMILES string of the molecule is CCOC(=O)n1c2c(c3cc(OC4O[C@H](CO)[C@@H](O)[C@H](O)[C@H]4O)ccc31)CCN1C[C@H]3C[C@H](CC)C1[C@H]2C3. The van der Waals surface area contributed by atoms with Crippen LogP contribution in [0.25, 0.3) is 10.9 Å². The van der Waals surface area contributed by atoms with Crippen LogP contribution in [0.2, 0.25) is 0 Å². The first-order chi connectivity index (χ1) is 18.4. The van der Waals surface area contributed by atoms with Crippen molar-refractivity contribution in [3.05, 3.63) is 29.5 Å². The van der Waals surface area contributed by atoms with Crippen molar-refractivity contribution in [3.63, 3.8) is 0 Å². The quantitative estimate of drug-likeness (QED) is 0.455. The van der Waals surface area contributed by atoms with E-state index in [0.29, 0.717) is 23.6 Å². The highest BCUT2D eigenvalue weighted by Gasteiger charge is 2.50. The Labute approximate surface area is 221 Å². The summed E-state index contributed by atoms with van der Waals surface area (Å²) in [4.78, 5) is 16.0. The molecule has 10 atom stereocenters. The number of hydrogen-bond donors (Lipinski definition) is 4. The highest BCUT2D eigenvalue weighted by Crippen LogP contribution is 2.52. The zero-order valence-electron chi connectivity index (χ0n) is 21.9. The normalized spacial score (nSPS) is 38.1. The maximum atomic E-state index is 13.4. The van der Waals surface area contributed by atoms with Crippen LogP contribution in [0.15, 0.2) is 18.2 Å². The predicted molar refractivity (Wildman–Crippen MR) is 137 cm³/mol. The molecule has 10 nitrogen and oxygen atoms in total. The van der Waals surface area contributed by atoms with Crippen molar-refractivity contribution in [2.24, 2.45) is 11.8 Å². The Morgan fingerprint density at radius 1 is 1.13 bits per heavy atom. The van der Waals surface area contributed by atoms with Gasteiger partial charge in [-0.2, -0.15) is 0 Å². The second-order valence-electron chi connectivity index (χ2n) is 11.2. The molecule has 38 heavy (non-hydrogen) atoms. The third-order valence-corrected chi connectivity index (χ3v) is 9.19. The van der Waals surface area contributed by atoms with E-state index in [1.54, 1.807) is 10.6 Å². The number of benzene rings is 1. The topological polar surface area (TPSA) is 134 Å². The average molecular weight is 531 g/mol. The Kier molecular flexibility index (Phi) is 6.90. The van der Waals surface area contributed by atoms with Gasteiger partial charge in [-0.15, -0.1) is 0 Å². The van der Waals surface area contributed by atoms with Gasteiger partial charge in [-0.3, -0.25) is 4.90 Å². The maximum absolute atomic E-state index is 13.4. The van der Waals surface area contributed by atoms with Gasteiger partial charge in [0.15, 0.2) is 0 Å². The minimum atomic E-state index is -1.52. The molecule has 1 aromatic carbocycles. The molecule has 0 radical (unpaired) electrons. The lowest BCUT2D eigenvalue weighted by molar-refractivity contribution is -0.277. The van der Waals surface area contributed by atoms with Gasteiger partial charge >= 0.3 is 6.09 Å². The minimum Gasteiger partial charge on any atom is -0.462 e. The van der Waals surface area contributed by atoms with E-state index in [2.05, 4.69) is 11.8 Å². The van der Waals surface area contributed by atoms with Crippen molar-refractivity contribution in [1.29, 1.82) is 0 Å². The number of piperidine rings is 2. The molecular formula is C28H38N2O8. The molecular weight excluding hydrogens is 492 g/mol. The van der Waals surface area contributed by atoms with Crippen LogP contribution >= 0.6 is 0 Å². The predicted octanol–water partition coefficient (Wildman–Crippen LogP) is 1.58. The van der Waals surface area contributed by atoms with Crippen LogP contribution in [0, 0.1) is 11.8 Å². The largest absolute Gasteiger partial charge is 0.462 e. The summed E-state index contributed by atoms with van der Waals surface area (Å²) in [5, 5.41) is 41.1. The molecule has 208 valence electrons. The lowest BCUT2D eigenvalue weighted by Gasteiger charge is -2.53. The Morgan fingerprint density at radius 3 is 2.68 bits per heavy atom. The maximum Gasteiger partial charge on any atom is 0.418 e. The molecule has 1 aromatic heterocycles. The molecule has 5 heterocycles. The smallest absolute Gasteiger partial charge is 0.418 e. The van der Waals surface area contributed by atoms with Gasteiger partial charge in [0.05, 0.1) is 18.7 Å². The Balaban J connectivity index is 1.42. The summed E-state index contributed by atoms with van der Waals surface area (Å²) < 4.78 is 18.8. The zero-order chi connectivity index (χ0) is 26.7. The Morgan fingerprint density at radius 2 is 1.95 bits per heavy atom. The summed E-state index contributed by atoms with van der Waals surface area (Å²) in [7, 11) is 0. The molecule has 5 aliphatic rings. The summed E-state index contributed by atoms with van der Waals surface area (Å²) in [6.07, 6.45) is -2.94. The van der Waals surface area contributed by atoms with E-state index in [-0.39, 0.29) is 18.6 Å². The number of carbonyl (C=O) groups excluding carboxylic acids is 1. The number of aromatic nitrogens is 1. The van der Waals surface area contributed by atoms with E-state index in [0.717, 1.165) is 54.5 Å². The number of aliphatic hydroxyl groups excluding tert-OH is 4. The number of aliphatic hydroxyl groups is 4. The van der Waals surface area contributed by atoms with E-state index in [4.69, 9.17) is 14.2 Å². The van der Waals surface area contributed by atoms with Gasteiger partial charge in [-0.1, -0.05) is 13.3 Å². The van der Waals surface area contributed by atoms with Crippen LogP contribution in [0.4, 0.5) is 4.79 Å². The molecule has 4 bridgehead atoms. The number of rotatable bonds is 5. The van der Waals surface area contributed by atoms with Gasteiger partial charge < -0.3 is 34.6 Å². The van der Waals surface area contributed by atoms with Crippen molar-refractivity contribution in [1.82, 2.24) is 9.47 Å². The van der Waals surface area contributed by atoms with E-state index < -0.39 is 37.3 Å². The van der Waals surface area contributed by atoms with Crippen LogP contribution in [-0.4, -0.2) is 99.0 Å². The first-order valence-corrected chi connectivity index (χ1v) is 13.9. The molecule has 0 amide bonds. The first kappa shape index (κ1) is 26.0. The molecule has 2 aromatic rings. The van der Waals surface area contributed by atoms with Crippen LogP contribution < -0.4 is 4.74 Å². The third kappa shape index (κ3) is 4.04. The van der Waals surface area contributed by atoms with Crippen LogP contribution in [-0.2, 0) is 15.9 Å². The first-order valence-electron chi connectivity index (χ1n) is 13.9. The van der Waals surface area contributed by atoms with Crippen molar-refractivity contribution in [3.8, 4) is 5.75 Å². The molecule has 4 fully saturated rings.